The molecular formula is C6H5ClF3NS. The van der Waals surface area contributed by atoms with Gasteiger partial charge in [-0.2, -0.15) is 13.2 Å². The molecule has 0 aliphatic heterocycles. The first-order valence-electron chi connectivity index (χ1n) is 3.07. The Morgan fingerprint density at radius 1 is 1.50 bits per heavy atom. The van der Waals surface area contributed by atoms with Crippen LogP contribution in [-0.4, -0.2) is 11.2 Å². The summed E-state index contributed by atoms with van der Waals surface area (Å²) in [6.07, 6.45) is -5.14. The predicted octanol–water partition coefficient (Wildman–Crippen LogP) is 2.99. The molecule has 1 rings (SSSR count). The molecule has 0 aromatic carbocycles. The summed E-state index contributed by atoms with van der Waals surface area (Å²) in [7, 11) is 0. The van der Waals surface area contributed by atoms with Crippen molar-refractivity contribution in [2.75, 3.05) is 0 Å². The summed E-state index contributed by atoms with van der Waals surface area (Å²) in [4.78, 5) is 3.68. The second-order valence-corrected chi connectivity index (χ2v) is 3.37. The fourth-order valence-corrected chi connectivity index (χ4v) is 1.72. The van der Waals surface area contributed by atoms with Gasteiger partial charge >= 0.3 is 6.18 Å². The maximum atomic E-state index is 11.8. The molecule has 0 bridgehead atoms. The predicted molar refractivity (Wildman–Crippen MR) is 41.4 cm³/mol. The first kappa shape index (κ1) is 9.80. The van der Waals surface area contributed by atoms with Gasteiger partial charge < -0.3 is 0 Å². The Morgan fingerprint density at radius 3 is 2.58 bits per heavy atom. The van der Waals surface area contributed by atoms with E-state index in [1.165, 1.54) is 5.38 Å². The zero-order chi connectivity index (χ0) is 9.19. The Labute approximate surface area is 76.2 Å². The molecule has 1 aromatic heterocycles. The van der Waals surface area contributed by atoms with Crippen molar-refractivity contribution in [2.45, 2.75) is 18.5 Å². The van der Waals surface area contributed by atoms with Gasteiger partial charge in [0.05, 0.1) is 18.0 Å². The van der Waals surface area contributed by atoms with E-state index in [0.717, 1.165) is 11.3 Å². The van der Waals surface area contributed by atoms with Crippen LogP contribution >= 0.6 is 22.9 Å². The number of aromatic nitrogens is 1. The average Bonchev–Trinajstić information content (AvgIpc) is 2.32. The number of hydrogen-bond acceptors (Lipinski definition) is 2. The van der Waals surface area contributed by atoms with Crippen molar-refractivity contribution >= 4 is 22.9 Å². The van der Waals surface area contributed by atoms with Crippen molar-refractivity contribution < 1.29 is 13.2 Å². The topological polar surface area (TPSA) is 12.9 Å². The molecule has 0 radical (unpaired) electrons. The molecule has 0 saturated heterocycles. The van der Waals surface area contributed by atoms with E-state index < -0.39 is 12.6 Å². The van der Waals surface area contributed by atoms with Gasteiger partial charge in [-0.3, -0.25) is 0 Å². The van der Waals surface area contributed by atoms with Crippen molar-refractivity contribution in [3.63, 3.8) is 0 Å². The molecule has 0 aliphatic carbocycles. The molecule has 0 fully saturated rings. The van der Waals surface area contributed by atoms with Crippen LogP contribution in [0.2, 0.25) is 0 Å². The zero-order valence-electron chi connectivity index (χ0n) is 5.86. The van der Waals surface area contributed by atoms with Crippen molar-refractivity contribution in [3.05, 3.63) is 16.1 Å². The lowest BCUT2D eigenvalue weighted by atomic mass is 10.4. The third-order valence-corrected chi connectivity index (χ3v) is 2.26. The summed E-state index contributed by atoms with van der Waals surface area (Å²) in [5.74, 6) is 0.161. The normalized spacial score (nSPS) is 12.0. The minimum absolute atomic E-state index is 0.0677. The van der Waals surface area contributed by atoms with Crippen LogP contribution in [0.15, 0.2) is 5.38 Å². The minimum atomic E-state index is -4.18. The molecule has 0 aliphatic rings. The maximum absolute atomic E-state index is 11.8. The molecule has 12 heavy (non-hydrogen) atoms. The van der Waals surface area contributed by atoms with Crippen LogP contribution in [0.3, 0.4) is 0 Å². The lowest BCUT2D eigenvalue weighted by molar-refractivity contribution is -0.127. The summed E-state index contributed by atoms with van der Waals surface area (Å²) in [5.41, 5.74) is 0.501. The van der Waals surface area contributed by atoms with E-state index in [9.17, 15) is 13.2 Å². The average molecular weight is 216 g/mol. The van der Waals surface area contributed by atoms with Gasteiger partial charge in [0.2, 0.25) is 0 Å². The Kier molecular flexibility index (Phi) is 2.95. The summed E-state index contributed by atoms with van der Waals surface area (Å²) in [6, 6.07) is 0. The number of halogens is 4. The first-order valence-corrected chi connectivity index (χ1v) is 4.48. The summed E-state index contributed by atoms with van der Waals surface area (Å²) < 4.78 is 35.4. The number of alkyl halides is 4. The van der Waals surface area contributed by atoms with E-state index >= 15 is 0 Å². The van der Waals surface area contributed by atoms with Gasteiger partial charge in [-0.05, 0) is 0 Å². The van der Waals surface area contributed by atoms with Crippen molar-refractivity contribution in [3.8, 4) is 0 Å². The second-order valence-electron chi connectivity index (χ2n) is 2.16. The number of nitrogens with zero attached hydrogens (tertiary/aromatic N) is 1. The molecular weight excluding hydrogens is 211 g/mol. The molecule has 6 heteroatoms. The fourth-order valence-electron chi connectivity index (χ4n) is 0.663. The molecule has 0 atom stereocenters. The highest BCUT2D eigenvalue weighted by Gasteiger charge is 2.29. The Bertz CT molecular complexity index is 258. The number of rotatable bonds is 2. The molecule has 68 valence electrons. The van der Waals surface area contributed by atoms with Crippen molar-refractivity contribution in [2.24, 2.45) is 0 Å². The molecule has 0 unspecified atom stereocenters. The van der Waals surface area contributed by atoms with E-state index in [0.29, 0.717) is 5.69 Å². The minimum Gasteiger partial charge on any atom is -0.245 e. The zero-order valence-corrected chi connectivity index (χ0v) is 7.43. The van der Waals surface area contributed by atoms with Crippen molar-refractivity contribution in [1.29, 1.82) is 0 Å². The SMILES string of the molecule is FC(F)(F)Cc1nc(CCl)cs1. The van der Waals surface area contributed by atoms with E-state index in [-0.39, 0.29) is 10.9 Å². The molecule has 0 saturated carbocycles. The maximum Gasteiger partial charge on any atom is 0.395 e. The molecule has 0 amide bonds. The van der Waals surface area contributed by atoms with Gasteiger partial charge in [0, 0.05) is 5.38 Å². The van der Waals surface area contributed by atoms with Crippen LogP contribution in [0, 0.1) is 0 Å². The fraction of sp³-hybridized carbons (Fsp3) is 0.500. The number of thiazole rings is 1. The van der Waals surface area contributed by atoms with Gasteiger partial charge in [-0.15, -0.1) is 22.9 Å². The quantitative estimate of drug-likeness (QED) is 0.692. The number of hydrogen-bond donors (Lipinski definition) is 0. The highest BCUT2D eigenvalue weighted by atomic mass is 35.5. The lowest BCUT2D eigenvalue weighted by Gasteiger charge is -2.01. The summed E-state index contributed by atoms with van der Waals surface area (Å²) in [5, 5.41) is 1.60. The molecule has 1 heterocycles. The Hall–Kier alpha value is -0.290. The van der Waals surface area contributed by atoms with Crippen LogP contribution in [0.1, 0.15) is 10.7 Å². The standard InChI is InChI=1S/C6H5ClF3NS/c7-2-4-3-12-5(11-4)1-6(8,9)10/h3H,1-2H2. The molecule has 1 aromatic rings. The molecule has 1 nitrogen and oxygen atoms in total. The smallest absolute Gasteiger partial charge is 0.245 e. The highest BCUT2D eigenvalue weighted by Crippen LogP contribution is 2.23. The third kappa shape index (κ3) is 2.98. The van der Waals surface area contributed by atoms with E-state index in [1.54, 1.807) is 0 Å². The van der Waals surface area contributed by atoms with Gasteiger partial charge in [0.25, 0.3) is 0 Å². The molecule has 0 spiro atoms. The summed E-state index contributed by atoms with van der Waals surface area (Å²) in [6.45, 7) is 0. The second kappa shape index (κ2) is 3.62. The Morgan fingerprint density at radius 2 is 2.17 bits per heavy atom. The van der Waals surface area contributed by atoms with Crippen LogP contribution < -0.4 is 0 Å². The van der Waals surface area contributed by atoms with Gasteiger partial charge in [-0.1, -0.05) is 0 Å². The molecule has 0 N–H and O–H groups in total. The third-order valence-electron chi connectivity index (χ3n) is 1.09. The van der Waals surface area contributed by atoms with Gasteiger partial charge in [0.15, 0.2) is 0 Å². The van der Waals surface area contributed by atoms with E-state index in [4.69, 9.17) is 11.6 Å². The largest absolute Gasteiger partial charge is 0.395 e. The van der Waals surface area contributed by atoms with Gasteiger partial charge in [0.1, 0.15) is 5.01 Å². The van der Waals surface area contributed by atoms with Crippen LogP contribution in [0.5, 0.6) is 0 Å². The monoisotopic (exact) mass is 215 g/mol. The van der Waals surface area contributed by atoms with E-state index in [1.807, 2.05) is 0 Å². The van der Waals surface area contributed by atoms with Crippen LogP contribution in [0.4, 0.5) is 13.2 Å². The van der Waals surface area contributed by atoms with Crippen LogP contribution in [0.25, 0.3) is 0 Å². The Balaban J connectivity index is 2.64. The van der Waals surface area contributed by atoms with Crippen molar-refractivity contribution in [1.82, 2.24) is 4.98 Å². The first-order chi connectivity index (χ1) is 5.51. The summed E-state index contributed by atoms with van der Waals surface area (Å²) >= 11 is 6.36. The lowest BCUT2D eigenvalue weighted by Crippen LogP contribution is -2.11. The highest BCUT2D eigenvalue weighted by molar-refractivity contribution is 7.09. The van der Waals surface area contributed by atoms with E-state index in [2.05, 4.69) is 4.98 Å². The van der Waals surface area contributed by atoms with Crippen LogP contribution in [-0.2, 0) is 12.3 Å². The van der Waals surface area contributed by atoms with Gasteiger partial charge in [-0.25, -0.2) is 4.98 Å².